The van der Waals surface area contributed by atoms with Gasteiger partial charge in [-0.3, -0.25) is 0 Å². The third-order valence-corrected chi connectivity index (χ3v) is 4.26. The van der Waals surface area contributed by atoms with Crippen molar-refractivity contribution in [2.24, 2.45) is 0 Å². The Morgan fingerprint density at radius 1 is 1.39 bits per heavy atom. The van der Waals surface area contributed by atoms with Crippen molar-refractivity contribution >= 4 is 11.3 Å². The SMILES string of the molecule is CNC(Cc1ccsc1)C1Cc2ccccc2O1. The molecule has 2 nitrogen and oxygen atoms in total. The molecule has 0 aliphatic carbocycles. The van der Waals surface area contributed by atoms with Crippen molar-refractivity contribution in [2.45, 2.75) is 25.0 Å². The topological polar surface area (TPSA) is 21.3 Å². The number of benzene rings is 1. The maximum Gasteiger partial charge on any atom is 0.123 e. The molecule has 3 rings (SSSR count). The van der Waals surface area contributed by atoms with E-state index in [1.807, 2.05) is 13.1 Å². The second-order valence-corrected chi connectivity index (χ2v) is 5.48. The minimum atomic E-state index is 0.243. The molecule has 0 bridgehead atoms. The van der Waals surface area contributed by atoms with Crippen LogP contribution < -0.4 is 10.1 Å². The zero-order valence-corrected chi connectivity index (χ0v) is 11.2. The monoisotopic (exact) mass is 259 g/mol. The number of hydrogen-bond donors (Lipinski definition) is 1. The van der Waals surface area contributed by atoms with Crippen molar-refractivity contribution in [3.8, 4) is 5.75 Å². The normalized spacial score (nSPS) is 19.3. The minimum Gasteiger partial charge on any atom is -0.488 e. The van der Waals surface area contributed by atoms with Crippen LogP contribution in [0.1, 0.15) is 11.1 Å². The Balaban J connectivity index is 1.71. The summed E-state index contributed by atoms with van der Waals surface area (Å²) in [6.45, 7) is 0. The van der Waals surface area contributed by atoms with Gasteiger partial charge in [0.25, 0.3) is 0 Å². The van der Waals surface area contributed by atoms with Crippen LogP contribution in [0.2, 0.25) is 0 Å². The van der Waals surface area contributed by atoms with Crippen LogP contribution in [0.4, 0.5) is 0 Å². The summed E-state index contributed by atoms with van der Waals surface area (Å²) < 4.78 is 6.05. The summed E-state index contributed by atoms with van der Waals surface area (Å²) in [5, 5.41) is 7.74. The number of rotatable bonds is 4. The molecular weight excluding hydrogens is 242 g/mol. The average Bonchev–Trinajstić information content (AvgIpc) is 3.04. The minimum absolute atomic E-state index is 0.243. The molecule has 3 heteroatoms. The van der Waals surface area contributed by atoms with Crippen LogP contribution in [-0.4, -0.2) is 19.2 Å². The first-order chi connectivity index (χ1) is 8.86. The second-order valence-electron chi connectivity index (χ2n) is 4.70. The Labute approximate surface area is 112 Å². The summed E-state index contributed by atoms with van der Waals surface area (Å²) in [6, 6.07) is 10.9. The lowest BCUT2D eigenvalue weighted by Crippen LogP contribution is -2.42. The summed E-state index contributed by atoms with van der Waals surface area (Å²) in [6.07, 6.45) is 2.28. The van der Waals surface area contributed by atoms with Crippen LogP contribution in [0.5, 0.6) is 5.75 Å². The Hall–Kier alpha value is -1.32. The van der Waals surface area contributed by atoms with Crippen LogP contribution in [0, 0.1) is 0 Å². The van der Waals surface area contributed by atoms with E-state index < -0.39 is 0 Å². The predicted octanol–water partition coefficient (Wildman–Crippen LogP) is 2.88. The van der Waals surface area contributed by atoms with Crippen molar-refractivity contribution in [2.75, 3.05) is 7.05 Å². The Kier molecular flexibility index (Phi) is 3.35. The van der Waals surface area contributed by atoms with Crippen molar-refractivity contribution in [1.82, 2.24) is 5.32 Å². The number of ether oxygens (including phenoxy) is 1. The zero-order valence-electron chi connectivity index (χ0n) is 10.4. The lowest BCUT2D eigenvalue weighted by molar-refractivity contribution is 0.182. The molecule has 2 unspecified atom stereocenters. The Morgan fingerprint density at radius 3 is 3.00 bits per heavy atom. The van der Waals surface area contributed by atoms with E-state index in [4.69, 9.17) is 4.74 Å². The van der Waals surface area contributed by atoms with E-state index in [-0.39, 0.29) is 6.10 Å². The summed E-state index contributed by atoms with van der Waals surface area (Å²) in [5.41, 5.74) is 2.71. The lowest BCUT2D eigenvalue weighted by Gasteiger charge is -2.22. The molecule has 18 heavy (non-hydrogen) atoms. The van der Waals surface area contributed by atoms with Crippen LogP contribution in [0.15, 0.2) is 41.1 Å². The van der Waals surface area contributed by atoms with Crippen LogP contribution >= 0.6 is 11.3 Å². The van der Waals surface area contributed by atoms with Crippen molar-refractivity contribution < 1.29 is 4.74 Å². The van der Waals surface area contributed by atoms with Gasteiger partial charge in [-0.25, -0.2) is 0 Å². The van der Waals surface area contributed by atoms with Crippen LogP contribution in [0.3, 0.4) is 0 Å². The van der Waals surface area contributed by atoms with Gasteiger partial charge in [-0.15, -0.1) is 0 Å². The molecule has 1 aliphatic heterocycles. The molecule has 0 fully saturated rings. The molecule has 0 saturated carbocycles. The Morgan fingerprint density at radius 2 is 2.28 bits per heavy atom. The molecule has 0 radical (unpaired) electrons. The first kappa shape index (κ1) is 11.8. The van der Waals surface area contributed by atoms with Gasteiger partial charge >= 0.3 is 0 Å². The Bertz CT molecular complexity index is 481. The van der Waals surface area contributed by atoms with Gasteiger partial charge in [-0.05, 0) is 47.5 Å². The number of para-hydroxylation sites is 1. The highest BCUT2D eigenvalue weighted by atomic mass is 32.1. The maximum absolute atomic E-state index is 6.05. The standard InChI is InChI=1S/C15H17NOS/c1-16-13(8-11-6-7-18-10-11)15-9-12-4-2-3-5-14(12)17-15/h2-7,10,13,15-16H,8-9H2,1H3. The first-order valence-corrected chi connectivity index (χ1v) is 7.24. The quantitative estimate of drug-likeness (QED) is 0.911. The number of nitrogens with one attached hydrogen (secondary N) is 1. The van der Waals surface area contributed by atoms with Crippen LogP contribution in [-0.2, 0) is 12.8 Å². The van der Waals surface area contributed by atoms with Gasteiger partial charge in [0.05, 0.1) is 0 Å². The third-order valence-electron chi connectivity index (χ3n) is 3.53. The number of fused-ring (bicyclic) bond motifs is 1. The van der Waals surface area contributed by atoms with Gasteiger partial charge in [-0.1, -0.05) is 18.2 Å². The zero-order chi connectivity index (χ0) is 12.4. The molecule has 2 aromatic rings. The number of thiophene rings is 1. The van der Waals surface area contributed by atoms with E-state index in [1.54, 1.807) is 11.3 Å². The van der Waals surface area contributed by atoms with Crippen molar-refractivity contribution in [3.63, 3.8) is 0 Å². The van der Waals surface area contributed by atoms with Crippen molar-refractivity contribution in [1.29, 1.82) is 0 Å². The first-order valence-electron chi connectivity index (χ1n) is 6.29. The molecule has 2 atom stereocenters. The molecule has 94 valence electrons. The van der Waals surface area contributed by atoms with E-state index in [2.05, 4.69) is 40.3 Å². The predicted molar refractivity (Wildman–Crippen MR) is 75.4 cm³/mol. The van der Waals surface area contributed by atoms with E-state index in [9.17, 15) is 0 Å². The van der Waals surface area contributed by atoms with Gasteiger partial charge in [0.1, 0.15) is 11.9 Å². The molecule has 1 N–H and O–H groups in total. The smallest absolute Gasteiger partial charge is 0.123 e. The fraction of sp³-hybridized carbons (Fsp3) is 0.333. The summed E-state index contributed by atoms with van der Waals surface area (Å²) >= 11 is 1.75. The molecule has 0 saturated heterocycles. The fourth-order valence-electron chi connectivity index (χ4n) is 2.52. The molecule has 0 spiro atoms. The van der Waals surface area contributed by atoms with E-state index in [0.717, 1.165) is 18.6 Å². The van der Waals surface area contributed by atoms with Crippen LogP contribution in [0.25, 0.3) is 0 Å². The molecular formula is C15H17NOS. The van der Waals surface area contributed by atoms with Gasteiger partial charge in [0.15, 0.2) is 0 Å². The van der Waals surface area contributed by atoms with Gasteiger partial charge in [0, 0.05) is 12.5 Å². The highest BCUT2D eigenvalue weighted by molar-refractivity contribution is 7.07. The van der Waals surface area contributed by atoms with Gasteiger partial charge in [0.2, 0.25) is 0 Å². The second kappa shape index (κ2) is 5.12. The van der Waals surface area contributed by atoms with E-state index in [1.165, 1.54) is 11.1 Å². The molecule has 1 aliphatic rings. The highest BCUT2D eigenvalue weighted by Crippen LogP contribution is 2.30. The molecule has 2 heterocycles. The van der Waals surface area contributed by atoms with E-state index >= 15 is 0 Å². The van der Waals surface area contributed by atoms with Gasteiger partial charge in [-0.2, -0.15) is 11.3 Å². The molecule has 1 aromatic carbocycles. The summed E-state index contributed by atoms with van der Waals surface area (Å²) in [4.78, 5) is 0. The highest BCUT2D eigenvalue weighted by Gasteiger charge is 2.29. The summed E-state index contributed by atoms with van der Waals surface area (Å²) in [5.74, 6) is 1.05. The molecule has 0 amide bonds. The maximum atomic E-state index is 6.05. The summed E-state index contributed by atoms with van der Waals surface area (Å²) in [7, 11) is 2.02. The lowest BCUT2D eigenvalue weighted by atomic mass is 9.99. The molecule has 1 aromatic heterocycles. The van der Waals surface area contributed by atoms with Crippen molar-refractivity contribution in [3.05, 3.63) is 52.2 Å². The van der Waals surface area contributed by atoms with E-state index in [0.29, 0.717) is 6.04 Å². The van der Waals surface area contributed by atoms with Gasteiger partial charge < -0.3 is 10.1 Å². The number of likely N-dealkylation sites (N-methyl/N-ethyl adjacent to an activating group) is 1. The largest absolute Gasteiger partial charge is 0.488 e. The number of hydrogen-bond acceptors (Lipinski definition) is 3. The third kappa shape index (κ3) is 2.28. The fourth-order valence-corrected chi connectivity index (χ4v) is 3.20. The average molecular weight is 259 g/mol.